The topological polar surface area (TPSA) is 59.9 Å². The molecule has 1 saturated heterocycles. The van der Waals surface area contributed by atoms with Gasteiger partial charge in [0.15, 0.2) is 0 Å². The lowest BCUT2D eigenvalue weighted by Gasteiger charge is -2.22. The van der Waals surface area contributed by atoms with Gasteiger partial charge >= 0.3 is 5.69 Å². The highest BCUT2D eigenvalue weighted by molar-refractivity contribution is 5.84. The normalized spacial score (nSPS) is 15.2. The third kappa shape index (κ3) is 2.83. The summed E-state index contributed by atoms with van der Waals surface area (Å²) in [5.41, 5.74) is 4.33. The van der Waals surface area contributed by atoms with E-state index in [1.165, 1.54) is 0 Å². The SMILES string of the molecule is Cn1c(=O)n(CC2CCOCC2)c2ccc(-c3ccccc3C#N)cc21. The summed E-state index contributed by atoms with van der Waals surface area (Å²) in [7, 11) is 1.81. The van der Waals surface area contributed by atoms with Gasteiger partial charge in [-0.25, -0.2) is 4.79 Å². The minimum atomic E-state index is 0.0113. The highest BCUT2D eigenvalue weighted by Gasteiger charge is 2.19. The summed E-state index contributed by atoms with van der Waals surface area (Å²) in [6, 6.07) is 15.8. The average Bonchev–Trinajstić information content (AvgIpc) is 2.93. The van der Waals surface area contributed by atoms with Gasteiger partial charge in [0.2, 0.25) is 0 Å². The molecule has 3 aromatic rings. The zero-order chi connectivity index (χ0) is 18.1. The van der Waals surface area contributed by atoms with Gasteiger partial charge in [-0.05, 0) is 48.1 Å². The Morgan fingerprint density at radius 1 is 1.15 bits per heavy atom. The predicted molar refractivity (Wildman–Crippen MR) is 101 cm³/mol. The van der Waals surface area contributed by atoms with Crippen molar-refractivity contribution in [3.8, 4) is 17.2 Å². The molecule has 0 spiro atoms. The molecule has 0 bridgehead atoms. The molecule has 1 aliphatic rings. The molecule has 1 fully saturated rings. The number of nitrogens with zero attached hydrogens (tertiary/aromatic N) is 3. The predicted octanol–water partition coefficient (Wildman–Crippen LogP) is 3.31. The summed E-state index contributed by atoms with van der Waals surface area (Å²) in [6.45, 7) is 2.28. The lowest BCUT2D eigenvalue weighted by molar-refractivity contribution is 0.0613. The van der Waals surface area contributed by atoms with Crippen molar-refractivity contribution in [1.82, 2.24) is 9.13 Å². The molecule has 0 amide bonds. The minimum Gasteiger partial charge on any atom is -0.381 e. The van der Waals surface area contributed by atoms with Gasteiger partial charge in [-0.15, -0.1) is 0 Å². The Morgan fingerprint density at radius 2 is 1.92 bits per heavy atom. The van der Waals surface area contributed by atoms with E-state index >= 15 is 0 Å². The molecule has 0 radical (unpaired) electrons. The smallest absolute Gasteiger partial charge is 0.328 e. The minimum absolute atomic E-state index is 0.0113. The molecule has 0 aliphatic carbocycles. The number of ether oxygens (including phenoxy) is 1. The standard InChI is InChI=1S/C21H21N3O2/c1-23-20-12-16(18-5-3-2-4-17(18)13-22)6-7-19(20)24(21(23)25)14-15-8-10-26-11-9-15/h2-7,12,15H,8-11,14H2,1H3. The van der Waals surface area contributed by atoms with Crippen LogP contribution >= 0.6 is 0 Å². The number of hydrogen-bond acceptors (Lipinski definition) is 3. The van der Waals surface area contributed by atoms with Crippen LogP contribution in [0, 0.1) is 17.2 Å². The van der Waals surface area contributed by atoms with Gasteiger partial charge in [-0.1, -0.05) is 24.3 Å². The second kappa shape index (κ2) is 6.81. The van der Waals surface area contributed by atoms with E-state index in [2.05, 4.69) is 6.07 Å². The third-order valence-corrected chi connectivity index (χ3v) is 5.29. The first-order valence-electron chi connectivity index (χ1n) is 8.95. The first-order chi connectivity index (χ1) is 12.7. The Hall–Kier alpha value is -2.84. The van der Waals surface area contributed by atoms with E-state index in [1.54, 1.807) is 4.57 Å². The molecular formula is C21H21N3O2. The van der Waals surface area contributed by atoms with E-state index in [0.29, 0.717) is 11.5 Å². The van der Waals surface area contributed by atoms with E-state index in [-0.39, 0.29) is 5.69 Å². The number of nitriles is 1. The molecular weight excluding hydrogens is 326 g/mol. The van der Waals surface area contributed by atoms with E-state index < -0.39 is 0 Å². The monoisotopic (exact) mass is 347 g/mol. The van der Waals surface area contributed by atoms with Crippen molar-refractivity contribution in [2.24, 2.45) is 13.0 Å². The highest BCUT2D eigenvalue weighted by Crippen LogP contribution is 2.27. The van der Waals surface area contributed by atoms with Crippen LogP contribution in [0.1, 0.15) is 18.4 Å². The molecule has 132 valence electrons. The number of benzene rings is 2. The summed E-state index contributed by atoms with van der Waals surface area (Å²) in [5.74, 6) is 0.478. The molecule has 5 nitrogen and oxygen atoms in total. The maximum absolute atomic E-state index is 12.8. The van der Waals surface area contributed by atoms with Crippen LogP contribution in [0.4, 0.5) is 0 Å². The van der Waals surface area contributed by atoms with Gasteiger partial charge < -0.3 is 4.74 Å². The Bertz CT molecular complexity index is 1050. The number of imidazole rings is 1. The van der Waals surface area contributed by atoms with Crippen LogP contribution in [0.25, 0.3) is 22.2 Å². The molecule has 2 heterocycles. The first kappa shape index (κ1) is 16.6. The van der Waals surface area contributed by atoms with E-state index in [9.17, 15) is 10.1 Å². The van der Waals surface area contributed by atoms with Gasteiger partial charge in [0.05, 0.1) is 22.7 Å². The van der Waals surface area contributed by atoms with E-state index in [0.717, 1.165) is 54.8 Å². The molecule has 5 heteroatoms. The average molecular weight is 347 g/mol. The van der Waals surface area contributed by atoms with Crippen LogP contribution in [0.3, 0.4) is 0 Å². The summed E-state index contributed by atoms with van der Waals surface area (Å²) < 4.78 is 9.01. The summed E-state index contributed by atoms with van der Waals surface area (Å²) >= 11 is 0. The Labute approximate surface area is 152 Å². The van der Waals surface area contributed by atoms with Crippen molar-refractivity contribution < 1.29 is 4.74 Å². The van der Waals surface area contributed by atoms with Crippen molar-refractivity contribution in [2.45, 2.75) is 19.4 Å². The molecule has 26 heavy (non-hydrogen) atoms. The largest absolute Gasteiger partial charge is 0.381 e. The number of aromatic nitrogens is 2. The van der Waals surface area contributed by atoms with Gasteiger partial charge in [0, 0.05) is 26.8 Å². The number of rotatable bonds is 3. The Balaban J connectivity index is 1.79. The maximum atomic E-state index is 12.8. The van der Waals surface area contributed by atoms with Crippen molar-refractivity contribution >= 4 is 11.0 Å². The maximum Gasteiger partial charge on any atom is 0.328 e. The van der Waals surface area contributed by atoms with Crippen molar-refractivity contribution in [3.05, 3.63) is 58.5 Å². The van der Waals surface area contributed by atoms with E-state index in [4.69, 9.17) is 4.74 Å². The van der Waals surface area contributed by atoms with Crippen molar-refractivity contribution in [1.29, 1.82) is 5.26 Å². The summed E-state index contributed by atoms with van der Waals surface area (Å²) in [5, 5.41) is 9.36. The first-order valence-corrected chi connectivity index (χ1v) is 8.95. The summed E-state index contributed by atoms with van der Waals surface area (Å²) in [6.07, 6.45) is 1.99. The van der Waals surface area contributed by atoms with Crippen LogP contribution in [0.5, 0.6) is 0 Å². The fourth-order valence-corrected chi connectivity index (χ4v) is 3.77. The van der Waals surface area contributed by atoms with Gasteiger partial charge in [-0.2, -0.15) is 5.26 Å². The lowest BCUT2D eigenvalue weighted by atomic mass is 9.99. The molecule has 1 aliphatic heterocycles. The molecule has 0 N–H and O–H groups in total. The van der Waals surface area contributed by atoms with Crippen LogP contribution in [0.2, 0.25) is 0 Å². The molecule has 2 aromatic carbocycles. The zero-order valence-corrected chi connectivity index (χ0v) is 14.8. The fourth-order valence-electron chi connectivity index (χ4n) is 3.77. The molecule has 0 unspecified atom stereocenters. The Kier molecular flexibility index (Phi) is 4.36. The molecule has 4 rings (SSSR count). The second-order valence-electron chi connectivity index (χ2n) is 6.87. The molecule has 0 saturated carbocycles. The number of aryl methyl sites for hydroxylation is 1. The third-order valence-electron chi connectivity index (χ3n) is 5.29. The number of hydrogen-bond donors (Lipinski definition) is 0. The van der Waals surface area contributed by atoms with Gasteiger partial charge in [-0.3, -0.25) is 9.13 Å². The Morgan fingerprint density at radius 3 is 2.69 bits per heavy atom. The lowest BCUT2D eigenvalue weighted by Crippen LogP contribution is -2.28. The van der Waals surface area contributed by atoms with Gasteiger partial charge in [0.25, 0.3) is 0 Å². The van der Waals surface area contributed by atoms with Crippen LogP contribution in [0.15, 0.2) is 47.3 Å². The fraction of sp³-hybridized carbons (Fsp3) is 0.333. The number of fused-ring (bicyclic) bond motifs is 1. The second-order valence-corrected chi connectivity index (χ2v) is 6.87. The van der Waals surface area contributed by atoms with Crippen LogP contribution in [-0.4, -0.2) is 22.3 Å². The highest BCUT2D eigenvalue weighted by atomic mass is 16.5. The zero-order valence-electron chi connectivity index (χ0n) is 14.8. The quantitative estimate of drug-likeness (QED) is 0.730. The van der Waals surface area contributed by atoms with Crippen molar-refractivity contribution in [2.75, 3.05) is 13.2 Å². The summed E-state index contributed by atoms with van der Waals surface area (Å²) in [4.78, 5) is 12.8. The van der Waals surface area contributed by atoms with Crippen molar-refractivity contribution in [3.63, 3.8) is 0 Å². The van der Waals surface area contributed by atoms with Crippen LogP contribution < -0.4 is 5.69 Å². The van der Waals surface area contributed by atoms with Crippen LogP contribution in [-0.2, 0) is 18.3 Å². The molecule has 0 atom stereocenters. The van der Waals surface area contributed by atoms with E-state index in [1.807, 2.05) is 54.1 Å². The van der Waals surface area contributed by atoms with Gasteiger partial charge in [0.1, 0.15) is 0 Å². The molecule has 1 aromatic heterocycles.